The Hall–Kier alpha value is 0.120. The second kappa shape index (κ2) is 5.18. The fourth-order valence-electron chi connectivity index (χ4n) is 1.08. The van der Waals surface area contributed by atoms with E-state index in [4.69, 9.17) is 5.21 Å². The maximum Gasteiger partial charge on any atom is 0.179 e. The molecule has 16 heavy (non-hydrogen) atoms. The lowest BCUT2D eigenvalue weighted by atomic mass is 9.90. The van der Waals surface area contributed by atoms with Gasteiger partial charge in [-0.1, -0.05) is 25.9 Å². The number of hydrogen-bond donors (Lipinski definition) is 1. The molecule has 0 radical (unpaired) electrons. The van der Waals surface area contributed by atoms with Crippen LogP contribution in [0.1, 0.15) is 20.8 Å². The van der Waals surface area contributed by atoms with Crippen molar-refractivity contribution in [2.24, 2.45) is 10.6 Å². The molecule has 1 rings (SSSR count). The van der Waals surface area contributed by atoms with E-state index in [9.17, 15) is 0 Å². The maximum atomic E-state index is 9.02. The summed E-state index contributed by atoms with van der Waals surface area (Å²) >= 11 is 10.1. The van der Waals surface area contributed by atoms with Crippen molar-refractivity contribution >= 4 is 53.5 Å². The predicted octanol–water partition coefficient (Wildman–Crippen LogP) is 4.05. The van der Waals surface area contributed by atoms with Crippen LogP contribution in [0.2, 0.25) is 0 Å². The molecule has 0 aliphatic heterocycles. The van der Waals surface area contributed by atoms with Gasteiger partial charge in [0.2, 0.25) is 0 Å². The summed E-state index contributed by atoms with van der Waals surface area (Å²) in [6.45, 7) is 6.46. The zero-order chi connectivity index (χ0) is 12.5. The summed E-state index contributed by atoms with van der Waals surface area (Å²) in [7, 11) is 0. The maximum absolute atomic E-state index is 9.02. The van der Waals surface area contributed by atoms with Gasteiger partial charge in [0.05, 0.1) is 12.3 Å². The first kappa shape index (κ1) is 14.2. The van der Waals surface area contributed by atoms with Crippen molar-refractivity contribution in [1.82, 2.24) is 9.55 Å². The summed E-state index contributed by atoms with van der Waals surface area (Å²) in [5, 5.41) is 12.4. The van der Waals surface area contributed by atoms with Crippen LogP contribution in [0.4, 0.5) is 0 Å². The molecule has 0 unspecified atom stereocenters. The molecule has 1 heterocycles. The van der Waals surface area contributed by atoms with E-state index in [0.717, 1.165) is 4.60 Å². The summed E-state index contributed by atoms with van der Waals surface area (Å²) in [6.07, 6.45) is 0. The standard InChI is InChI=1S/C9H12Br3N3O/c1-9(2,3)5(14-16)4-15-7(11)6(10)13-8(15)12/h16H,4H2,1-3H3/b14-5-. The Morgan fingerprint density at radius 2 is 1.94 bits per heavy atom. The van der Waals surface area contributed by atoms with Crippen molar-refractivity contribution in [3.05, 3.63) is 13.9 Å². The van der Waals surface area contributed by atoms with E-state index in [1.54, 1.807) is 0 Å². The number of imidazole rings is 1. The van der Waals surface area contributed by atoms with Crippen LogP contribution < -0.4 is 0 Å². The van der Waals surface area contributed by atoms with Crippen molar-refractivity contribution in [2.75, 3.05) is 0 Å². The highest BCUT2D eigenvalue weighted by molar-refractivity contribution is 9.13. The molecule has 0 spiro atoms. The zero-order valence-corrected chi connectivity index (χ0v) is 13.9. The number of halogens is 3. The fraction of sp³-hybridized carbons (Fsp3) is 0.556. The minimum Gasteiger partial charge on any atom is -0.411 e. The Labute approximate surface area is 120 Å². The molecule has 1 N–H and O–H groups in total. The highest BCUT2D eigenvalue weighted by atomic mass is 79.9. The van der Waals surface area contributed by atoms with Crippen molar-refractivity contribution in [1.29, 1.82) is 0 Å². The van der Waals surface area contributed by atoms with E-state index < -0.39 is 0 Å². The predicted molar refractivity (Wildman–Crippen MR) is 74.0 cm³/mol. The average Bonchev–Trinajstić information content (AvgIpc) is 2.37. The summed E-state index contributed by atoms with van der Waals surface area (Å²) in [5.74, 6) is 0. The quantitative estimate of drug-likeness (QED) is 0.448. The number of rotatable bonds is 2. The third-order valence-electron chi connectivity index (χ3n) is 2.11. The largest absolute Gasteiger partial charge is 0.411 e. The second-order valence-electron chi connectivity index (χ2n) is 4.35. The number of oxime groups is 1. The van der Waals surface area contributed by atoms with Crippen LogP contribution in [-0.4, -0.2) is 20.5 Å². The third kappa shape index (κ3) is 3.07. The van der Waals surface area contributed by atoms with E-state index in [1.807, 2.05) is 25.3 Å². The van der Waals surface area contributed by atoms with Gasteiger partial charge < -0.3 is 9.77 Å². The number of aromatic nitrogens is 2. The van der Waals surface area contributed by atoms with E-state index in [-0.39, 0.29) is 5.41 Å². The minimum atomic E-state index is -0.190. The van der Waals surface area contributed by atoms with Gasteiger partial charge >= 0.3 is 0 Å². The molecular formula is C9H12Br3N3O. The summed E-state index contributed by atoms with van der Waals surface area (Å²) in [6, 6.07) is 0. The molecule has 0 bridgehead atoms. The lowest BCUT2D eigenvalue weighted by Crippen LogP contribution is -2.25. The van der Waals surface area contributed by atoms with Crippen LogP contribution in [0.15, 0.2) is 19.1 Å². The number of hydrogen-bond acceptors (Lipinski definition) is 3. The van der Waals surface area contributed by atoms with Crippen LogP contribution in [-0.2, 0) is 6.54 Å². The highest BCUT2D eigenvalue weighted by Gasteiger charge is 2.22. The molecular weight excluding hydrogens is 406 g/mol. The van der Waals surface area contributed by atoms with Crippen molar-refractivity contribution < 1.29 is 5.21 Å². The van der Waals surface area contributed by atoms with Crippen LogP contribution in [0.25, 0.3) is 0 Å². The van der Waals surface area contributed by atoms with Gasteiger partial charge in [0, 0.05) is 5.41 Å². The fourth-order valence-corrected chi connectivity index (χ4v) is 2.80. The van der Waals surface area contributed by atoms with Gasteiger partial charge in [-0.15, -0.1) is 0 Å². The lowest BCUT2D eigenvalue weighted by Gasteiger charge is -2.20. The highest BCUT2D eigenvalue weighted by Crippen LogP contribution is 2.28. The smallest absolute Gasteiger partial charge is 0.179 e. The molecule has 0 aromatic carbocycles. The van der Waals surface area contributed by atoms with E-state index >= 15 is 0 Å². The van der Waals surface area contributed by atoms with Gasteiger partial charge in [-0.25, -0.2) is 4.98 Å². The van der Waals surface area contributed by atoms with Crippen molar-refractivity contribution in [2.45, 2.75) is 27.3 Å². The Kier molecular flexibility index (Phi) is 4.59. The van der Waals surface area contributed by atoms with Crippen LogP contribution >= 0.6 is 47.8 Å². The molecule has 0 aliphatic rings. The molecule has 0 atom stereocenters. The molecule has 0 saturated carbocycles. The van der Waals surface area contributed by atoms with E-state index in [1.165, 1.54) is 0 Å². The van der Waals surface area contributed by atoms with E-state index in [0.29, 0.717) is 21.6 Å². The molecule has 1 aromatic heterocycles. The Balaban J connectivity index is 3.05. The van der Waals surface area contributed by atoms with Crippen molar-refractivity contribution in [3.63, 3.8) is 0 Å². The minimum absolute atomic E-state index is 0.190. The molecule has 7 heteroatoms. The van der Waals surface area contributed by atoms with Gasteiger partial charge in [-0.05, 0) is 47.8 Å². The third-order valence-corrected chi connectivity index (χ3v) is 4.61. The normalized spacial score (nSPS) is 13.2. The van der Waals surface area contributed by atoms with Crippen LogP contribution in [0, 0.1) is 5.41 Å². The van der Waals surface area contributed by atoms with Gasteiger partial charge in [0.1, 0.15) is 9.21 Å². The van der Waals surface area contributed by atoms with E-state index in [2.05, 4.69) is 57.9 Å². The summed E-state index contributed by atoms with van der Waals surface area (Å²) in [5.41, 5.74) is 0.489. The van der Waals surface area contributed by atoms with Crippen molar-refractivity contribution in [3.8, 4) is 0 Å². The SMILES string of the molecule is CC(C)(C)/C(Cn1c(Br)nc(Br)c1Br)=N\O. The lowest BCUT2D eigenvalue weighted by molar-refractivity contribution is 0.307. The molecule has 0 saturated heterocycles. The Bertz CT molecular complexity index is 420. The average molecular weight is 418 g/mol. The topological polar surface area (TPSA) is 50.4 Å². The summed E-state index contributed by atoms with van der Waals surface area (Å²) < 4.78 is 4.07. The second-order valence-corrected chi connectivity index (χ2v) is 6.56. The molecule has 0 amide bonds. The molecule has 4 nitrogen and oxygen atoms in total. The van der Waals surface area contributed by atoms with Gasteiger partial charge in [-0.3, -0.25) is 0 Å². The van der Waals surface area contributed by atoms with Gasteiger partial charge in [-0.2, -0.15) is 0 Å². The van der Waals surface area contributed by atoms with Crippen LogP contribution in [0.5, 0.6) is 0 Å². The molecule has 90 valence electrons. The summed E-state index contributed by atoms with van der Waals surface area (Å²) in [4.78, 5) is 4.19. The first-order valence-corrected chi connectivity index (χ1v) is 6.93. The molecule has 1 aromatic rings. The molecule has 0 fully saturated rings. The number of nitrogens with zero attached hydrogens (tertiary/aromatic N) is 3. The monoisotopic (exact) mass is 415 g/mol. The van der Waals surface area contributed by atoms with Gasteiger partial charge in [0.15, 0.2) is 4.73 Å². The first-order valence-electron chi connectivity index (χ1n) is 4.55. The zero-order valence-electron chi connectivity index (χ0n) is 9.13. The van der Waals surface area contributed by atoms with Gasteiger partial charge in [0.25, 0.3) is 0 Å². The molecule has 0 aliphatic carbocycles. The Morgan fingerprint density at radius 3 is 2.25 bits per heavy atom. The first-order chi connectivity index (χ1) is 7.27. The Morgan fingerprint density at radius 1 is 1.38 bits per heavy atom. The van der Waals surface area contributed by atoms with Crippen LogP contribution in [0.3, 0.4) is 0 Å².